The number of aromatic nitrogens is 2. The van der Waals surface area contributed by atoms with Crippen LogP contribution in [0.2, 0.25) is 0 Å². The van der Waals surface area contributed by atoms with Gasteiger partial charge in [-0.05, 0) is 30.3 Å². The number of hydrogen-bond donors (Lipinski definition) is 1. The lowest BCUT2D eigenvalue weighted by molar-refractivity contribution is -0.113. The summed E-state index contributed by atoms with van der Waals surface area (Å²) >= 11 is 5.36. The van der Waals surface area contributed by atoms with Gasteiger partial charge in [-0.1, -0.05) is 53.9 Å². The highest BCUT2D eigenvalue weighted by Crippen LogP contribution is 2.36. The van der Waals surface area contributed by atoms with E-state index < -0.39 is 5.97 Å². The molecule has 0 bridgehead atoms. The van der Waals surface area contributed by atoms with Crippen LogP contribution in [0.3, 0.4) is 0 Å². The second-order valence-corrected chi connectivity index (χ2v) is 8.95. The van der Waals surface area contributed by atoms with Crippen LogP contribution in [0.1, 0.15) is 17.3 Å². The maximum atomic E-state index is 12.5. The van der Waals surface area contributed by atoms with Crippen molar-refractivity contribution in [3.8, 4) is 11.1 Å². The van der Waals surface area contributed by atoms with Crippen molar-refractivity contribution in [2.75, 3.05) is 23.9 Å². The van der Waals surface area contributed by atoms with Crippen molar-refractivity contribution in [3.05, 3.63) is 41.3 Å². The number of carbonyl (C=O) groups is 2. The maximum absolute atomic E-state index is 12.5. The van der Waals surface area contributed by atoms with Crippen LogP contribution in [-0.4, -0.2) is 39.8 Å². The normalized spacial score (nSPS) is 10.6. The van der Waals surface area contributed by atoms with E-state index in [1.54, 1.807) is 6.92 Å². The van der Waals surface area contributed by atoms with Gasteiger partial charge < -0.3 is 10.1 Å². The van der Waals surface area contributed by atoms with Crippen molar-refractivity contribution in [2.45, 2.75) is 16.4 Å². The molecule has 0 aliphatic heterocycles. The minimum Gasteiger partial charge on any atom is -0.462 e. The molecule has 10 heteroatoms. The summed E-state index contributed by atoms with van der Waals surface area (Å²) in [5.74, 6) is -0.471. The molecule has 1 amide bonds. The third-order valence-electron chi connectivity index (χ3n) is 3.51. The highest BCUT2D eigenvalue weighted by atomic mass is 32.2. The van der Waals surface area contributed by atoms with Crippen LogP contribution < -0.4 is 5.32 Å². The molecule has 0 spiro atoms. The predicted octanol–water partition coefficient (Wildman–Crippen LogP) is 4.90. The number of nitrogens with zero attached hydrogens (tertiary/aromatic N) is 2. The number of anilines is 1. The average Bonchev–Trinajstić information content (AvgIpc) is 3.34. The standard InChI is InChI=1S/C18H17N3O3S4/c1-3-24-16(23)14-12(11-7-5-4-6-8-11)9-26-15(14)19-13(22)10-27-18-20-17(25-2)21-28-18/h4-9H,3,10H2,1-2H3,(H,19,22). The zero-order valence-corrected chi connectivity index (χ0v) is 18.4. The molecule has 2 aromatic heterocycles. The minimum absolute atomic E-state index is 0.184. The molecule has 28 heavy (non-hydrogen) atoms. The summed E-state index contributed by atoms with van der Waals surface area (Å²) < 4.78 is 10.1. The Morgan fingerprint density at radius 3 is 2.71 bits per heavy atom. The van der Waals surface area contributed by atoms with Gasteiger partial charge in [0.1, 0.15) is 10.6 Å². The van der Waals surface area contributed by atoms with Crippen LogP contribution in [0.5, 0.6) is 0 Å². The van der Waals surface area contributed by atoms with Gasteiger partial charge in [-0.3, -0.25) is 4.79 Å². The molecule has 0 unspecified atom stereocenters. The molecule has 3 aromatic rings. The summed E-state index contributed by atoms with van der Waals surface area (Å²) in [5, 5.41) is 5.89. The molecule has 3 rings (SSSR count). The van der Waals surface area contributed by atoms with Crippen molar-refractivity contribution >= 4 is 63.3 Å². The van der Waals surface area contributed by atoms with Gasteiger partial charge in [0.25, 0.3) is 0 Å². The summed E-state index contributed by atoms with van der Waals surface area (Å²) in [5.41, 5.74) is 2.04. The van der Waals surface area contributed by atoms with Crippen molar-refractivity contribution in [3.63, 3.8) is 0 Å². The Bertz CT molecular complexity index is 956. The zero-order chi connectivity index (χ0) is 19.9. The molecule has 0 fully saturated rings. The smallest absolute Gasteiger partial charge is 0.341 e. The van der Waals surface area contributed by atoms with E-state index in [1.165, 1.54) is 46.4 Å². The number of carbonyl (C=O) groups excluding carboxylic acids is 2. The fourth-order valence-corrected chi connectivity index (χ4v) is 5.30. The Kier molecular flexibility index (Phi) is 7.49. The van der Waals surface area contributed by atoms with Crippen LogP contribution in [0.4, 0.5) is 5.00 Å². The van der Waals surface area contributed by atoms with Gasteiger partial charge in [0.05, 0.1) is 12.4 Å². The number of thiophene rings is 1. The fraction of sp³-hybridized carbons (Fsp3) is 0.222. The van der Waals surface area contributed by atoms with Gasteiger partial charge >= 0.3 is 5.97 Å². The summed E-state index contributed by atoms with van der Waals surface area (Å²) in [6.45, 7) is 2.02. The molecule has 0 saturated heterocycles. The van der Waals surface area contributed by atoms with Gasteiger partial charge in [-0.25, -0.2) is 9.78 Å². The van der Waals surface area contributed by atoms with Crippen LogP contribution in [0, 0.1) is 0 Å². The van der Waals surface area contributed by atoms with Crippen LogP contribution in [0.25, 0.3) is 11.1 Å². The molecule has 0 saturated carbocycles. The number of hydrogen-bond acceptors (Lipinski definition) is 9. The van der Waals surface area contributed by atoms with Gasteiger partial charge in [-0.15, -0.1) is 11.3 Å². The lowest BCUT2D eigenvalue weighted by Gasteiger charge is -2.08. The minimum atomic E-state index is -0.445. The van der Waals surface area contributed by atoms with E-state index in [9.17, 15) is 9.59 Å². The Morgan fingerprint density at radius 1 is 1.25 bits per heavy atom. The molecule has 0 aliphatic rings. The Hall–Kier alpha value is -1.88. The molecule has 1 aromatic carbocycles. The van der Waals surface area contributed by atoms with E-state index in [0.717, 1.165) is 15.5 Å². The average molecular weight is 452 g/mol. The topological polar surface area (TPSA) is 81.2 Å². The fourth-order valence-electron chi connectivity index (χ4n) is 2.31. The Balaban J connectivity index is 1.76. The van der Waals surface area contributed by atoms with E-state index in [2.05, 4.69) is 14.7 Å². The van der Waals surface area contributed by atoms with Crippen LogP contribution in [0.15, 0.2) is 45.2 Å². The number of thioether (sulfide) groups is 2. The second kappa shape index (κ2) is 10.1. The molecular formula is C18H17N3O3S4. The number of nitrogens with one attached hydrogen (secondary N) is 1. The van der Waals surface area contributed by atoms with E-state index in [1.807, 2.05) is 42.0 Å². The lowest BCUT2D eigenvalue weighted by Crippen LogP contribution is -2.16. The van der Waals surface area contributed by atoms with Crippen molar-refractivity contribution < 1.29 is 14.3 Å². The highest BCUT2D eigenvalue weighted by molar-refractivity contribution is 8.01. The van der Waals surface area contributed by atoms with E-state index in [-0.39, 0.29) is 18.3 Å². The molecule has 0 aliphatic carbocycles. The van der Waals surface area contributed by atoms with E-state index in [0.29, 0.717) is 15.7 Å². The number of benzene rings is 1. The number of esters is 1. The number of amides is 1. The van der Waals surface area contributed by atoms with Crippen LogP contribution >= 0.6 is 46.4 Å². The first-order chi connectivity index (χ1) is 13.6. The lowest BCUT2D eigenvalue weighted by atomic mass is 10.0. The van der Waals surface area contributed by atoms with Gasteiger partial charge in [0.15, 0.2) is 4.34 Å². The van der Waals surface area contributed by atoms with Crippen LogP contribution in [-0.2, 0) is 9.53 Å². The molecular weight excluding hydrogens is 434 g/mol. The summed E-state index contributed by atoms with van der Waals surface area (Å²) in [7, 11) is 0. The maximum Gasteiger partial charge on any atom is 0.341 e. The Labute approximate surface area is 179 Å². The molecule has 6 nitrogen and oxygen atoms in total. The van der Waals surface area contributed by atoms with Gasteiger partial charge in [0, 0.05) is 10.9 Å². The molecule has 146 valence electrons. The largest absolute Gasteiger partial charge is 0.462 e. The third-order valence-corrected chi connectivity index (χ3v) is 6.90. The highest BCUT2D eigenvalue weighted by Gasteiger charge is 2.22. The number of rotatable bonds is 8. The van der Waals surface area contributed by atoms with E-state index in [4.69, 9.17) is 4.74 Å². The zero-order valence-electron chi connectivity index (χ0n) is 15.1. The molecule has 0 atom stereocenters. The predicted molar refractivity (Wildman–Crippen MR) is 117 cm³/mol. The molecule has 0 radical (unpaired) electrons. The van der Waals surface area contributed by atoms with Crippen molar-refractivity contribution in [1.82, 2.24) is 9.36 Å². The SMILES string of the molecule is CCOC(=O)c1c(-c2ccccc2)csc1NC(=O)CSc1nc(SC)ns1. The quantitative estimate of drug-likeness (QED) is 0.385. The first-order valence-electron chi connectivity index (χ1n) is 8.26. The molecule has 1 N–H and O–H groups in total. The van der Waals surface area contributed by atoms with Gasteiger partial charge in [-0.2, -0.15) is 4.37 Å². The summed E-state index contributed by atoms with van der Waals surface area (Å²) in [6, 6.07) is 9.56. The second-order valence-electron chi connectivity index (χ2n) is 5.32. The first kappa shape index (κ1) is 20.8. The first-order valence-corrected chi connectivity index (χ1v) is 12.1. The van der Waals surface area contributed by atoms with Gasteiger partial charge in [0.2, 0.25) is 11.1 Å². The van der Waals surface area contributed by atoms with Crippen molar-refractivity contribution in [2.24, 2.45) is 0 Å². The van der Waals surface area contributed by atoms with Crippen molar-refractivity contribution in [1.29, 1.82) is 0 Å². The molecule has 2 heterocycles. The third kappa shape index (κ3) is 5.13. The summed E-state index contributed by atoms with van der Waals surface area (Å²) in [6.07, 6.45) is 1.90. The summed E-state index contributed by atoms with van der Waals surface area (Å²) in [4.78, 5) is 29.2. The Morgan fingerprint density at radius 2 is 2.04 bits per heavy atom. The van der Waals surface area contributed by atoms with E-state index >= 15 is 0 Å². The monoisotopic (exact) mass is 451 g/mol. The number of ether oxygens (including phenoxy) is 1.